The average molecular weight is 155 g/mol. The summed E-state index contributed by atoms with van der Waals surface area (Å²) >= 11 is 0. The minimum atomic E-state index is 0. The molecule has 9 heavy (non-hydrogen) atoms. The number of rotatable bonds is 0. The van der Waals surface area contributed by atoms with Gasteiger partial charge in [0.05, 0.1) is 0 Å². The van der Waals surface area contributed by atoms with Gasteiger partial charge >= 0.3 is 23.1 Å². The van der Waals surface area contributed by atoms with E-state index in [1.165, 1.54) is 0 Å². The standard InChI is InChI=1S/C6H6O.Mg.H2S.2H/c7-6-4-2-1-3-5-6;;;;/h1-5,7H;;1H2;;/q;+2;;2*-1. The molecular formula is C6H10MgOS. The van der Waals surface area contributed by atoms with Crippen LogP contribution in [0.4, 0.5) is 0 Å². The Morgan fingerprint density at radius 2 is 1.56 bits per heavy atom. The van der Waals surface area contributed by atoms with E-state index in [1.54, 1.807) is 24.3 Å². The Morgan fingerprint density at radius 3 is 1.78 bits per heavy atom. The Morgan fingerprint density at radius 1 is 1.11 bits per heavy atom. The van der Waals surface area contributed by atoms with Gasteiger partial charge in [-0.3, -0.25) is 0 Å². The van der Waals surface area contributed by atoms with Crippen molar-refractivity contribution >= 4 is 36.5 Å². The van der Waals surface area contributed by atoms with Gasteiger partial charge in [0.1, 0.15) is 5.75 Å². The molecule has 0 unspecified atom stereocenters. The first kappa shape index (κ1) is 11.9. The van der Waals surface area contributed by atoms with E-state index in [4.69, 9.17) is 5.11 Å². The van der Waals surface area contributed by atoms with Crippen molar-refractivity contribution in [1.82, 2.24) is 0 Å². The summed E-state index contributed by atoms with van der Waals surface area (Å²) in [7, 11) is 0. The van der Waals surface area contributed by atoms with Gasteiger partial charge in [-0.2, -0.15) is 13.5 Å². The van der Waals surface area contributed by atoms with Crippen molar-refractivity contribution in [3.8, 4) is 5.75 Å². The topological polar surface area (TPSA) is 20.2 Å². The summed E-state index contributed by atoms with van der Waals surface area (Å²) in [6.45, 7) is 0. The SMILES string of the molecule is Oc1ccccc1.S.[H-].[H-].[Mg+2]. The third-order valence-corrected chi connectivity index (χ3v) is 0.756. The minimum Gasteiger partial charge on any atom is -1.00 e. The molecule has 0 spiro atoms. The molecule has 0 aliphatic rings. The number of para-hydroxylation sites is 1. The number of phenols is 1. The van der Waals surface area contributed by atoms with E-state index in [9.17, 15) is 0 Å². The van der Waals surface area contributed by atoms with E-state index < -0.39 is 0 Å². The van der Waals surface area contributed by atoms with Crippen molar-refractivity contribution in [2.24, 2.45) is 0 Å². The zero-order valence-corrected chi connectivity index (χ0v) is 7.46. The summed E-state index contributed by atoms with van der Waals surface area (Å²) in [6, 6.07) is 8.71. The summed E-state index contributed by atoms with van der Waals surface area (Å²) in [5, 5.41) is 8.63. The molecule has 0 radical (unpaired) electrons. The maximum Gasteiger partial charge on any atom is 2.00 e. The van der Waals surface area contributed by atoms with Gasteiger partial charge in [-0.05, 0) is 12.1 Å². The van der Waals surface area contributed by atoms with Crippen LogP contribution >= 0.6 is 13.5 Å². The van der Waals surface area contributed by atoms with Crippen LogP contribution in [0.5, 0.6) is 5.75 Å². The smallest absolute Gasteiger partial charge is 1.00 e. The van der Waals surface area contributed by atoms with Gasteiger partial charge in [0.25, 0.3) is 0 Å². The number of aromatic hydroxyl groups is 1. The van der Waals surface area contributed by atoms with Gasteiger partial charge in [-0.15, -0.1) is 0 Å². The van der Waals surface area contributed by atoms with E-state index in [0.29, 0.717) is 5.75 Å². The normalized spacial score (nSPS) is 6.67. The molecule has 0 aliphatic heterocycles. The zero-order valence-electron chi connectivity index (χ0n) is 7.04. The molecule has 1 aromatic rings. The zero-order chi connectivity index (χ0) is 5.11. The Labute approximate surface area is 80.7 Å². The molecule has 0 bridgehead atoms. The third kappa shape index (κ3) is 4.63. The maximum absolute atomic E-state index is 8.63. The summed E-state index contributed by atoms with van der Waals surface area (Å²) in [6.07, 6.45) is 0. The number of hydrogen-bond acceptors (Lipinski definition) is 1. The quantitative estimate of drug-likeness (QED) is 0.560. The van der Waals surface area contributed by atoms with E-state index in [2.05, 4.69) is 0 Å². The van der Waals surface area contributed by atoms with Crippen molar-refractivity contribution in [2.45, 2.75) is 0 Å². The molecule has 48 valence electrons. The molecule has 1 nitrogen and oxygen atoms in total. The third-order valence-electron chi connectivity index (χ3n) is 0.756. The maximum atomic E-state index is 8.63. The molecule has 0 aromatic heterocycles. The fourth-order valence-corrected chi connectivity index (χ4v) is 0.428. The molecule has 0 fully saturated rings. The van der Waals surface area contributed by atoms with Crippen LogP contribution in [-0.2, 0) is 0 Å². The number of benzene rings is 1. The van der Waals surface area contributed by atoms with Crippen LogP contribution in [0, 0.1) is 0 Å². The largest absolute Gasteiger partial charge is 2.00 e. The molecule has 0 heterocycles. The van der Waals surface area contributed by atoms with Crippen LogP contribution in [0.25, 0.3) is 0 Å². The van der Waals surface area contributed by atoms with Gasteiger partial charge < -0.3 is 7.96 Å². The second kappa shape index (κ2) is 6.26. The Balaban J connectivity index is -0.0000000612. The fourth-order valence-electron chi connectivity index (χ4n) is 0.428. The van der Waals surface area contributed by atoms with Crippen molar-refractivity contribution in [3.63, 3.8) is 0 Å². The molecule has 0 saturated heterocycles. The number of phenolic OH excluding ortho intramolecular Hbond substituents is 1. The van der Waals surface area contributed by atoms with Crippen LogP contribution in [0.1, 0.15) is 2.85 Å². The summed E-state index contributed by atoms with van der Waals surface area (Å²) in [5.41, 5.74) is 0. The Bertz CT molecular complexity index is 151. The predicted molar refractivity (Wildman–Crippen MR) is 46.5 cm³/mol. The Kier molecular flexibility index (Phi) is 8.26. The average Bonchev–Trinajstić information content (AvgIpc) is 1.69. The second-order valence-corrected chi connectivity index (χ2v) is 1.34. The van der Waals surface area contributed by atoms with Crippen LogP contribution < -0.4 is 0 Å². The first-order valence-corrected chi connectivity index (χ1v) is 2.13. The van der Waals surface area contributed by atoms with E-state index in [0.717, 1.165) is 0 Å². The molecule has 1 aromatic carbocycles. The molecule has 0 saturated carbocycles. The Hall–Kier alpha value is 0.136. The van der Waals surface area contributed by atoms with Gasteiger partial charge in [-0.1, -0.05) is 18.2 Å². The van der Waals surface area contributed by atoms with Gasteiger partial charge in [0.15, 0.2) is 0 Å². The predicted octanol–water partition coefficient (Wildman–Crippen LogP) is 1.35. The van der Waals surface area contributed by atoms with Crippen molar-refractivity contribution in [2.75, 3.05) is 0 Å². The van der Waals surface area contributed by atoms with E-state index in [-0.39, 0.29) is 39.4 Å². The minimum absolute atomic E-state index is 0. The summed E-state index contributed by atoms with van der Waals surface area (Å²) < 4.78 is 0. The molecule has 1 rings (SSSR count). The second-order valence-electron chi connectivity index (χ2n) is 1.34. The van der Waals surface area contributed by atoms with Gasteiger partial charge in [0, 0.05) is 0 Å². The fraction of sp³-hybridized carbons (Fsp3) is 0. The monoisotopic (exact) mass is 154 g/mol. The number of hydrogen-bond donors (Lipinski definition) is 1. The first-order valence-electron chi connectivity index (χ1n) is 2.13. The molecule has 3 heteroatoms. The van der Waals surface area contributed by atoms with Gasteiger partial charge in [0.2, 0.25) is 0 Å². The molecular weight excluding hydrogens is 144 g/mol. The van der Waals surface area contributed by atoms with E-state index >= 15 is 0 Å². The van der Waals surface area contributed by atoms with Crippen LogP contribution in [0.2, 0.25) is 0 Å². The molecule has 0 amide bonds. The van der Waals surface area contributed by atoms with Crippen molar-refractivity contribution < 1.29 is 7.96 Å². The van der Waals surface area contributed by atoms with Crippen LogP contribution in [0.15, 0.2) is 30.3 Å². The molecule has 1 N–H and O–H groups in total. The molecule has 0 atom stereocenters. The van der Waals surface area contributed by atoms with Gasteiger partial charge in [-0.25, -0.2) is 0 Å². The van der Waals surface area contributed by atoms with Crippen molar-refractivity contribution in [1.29, 1.82) is 0 Å². The van der Waals surface area contributed by atoms with Crippen molar-refractivity contribution in [3.05, 3.63) is 30.3 Å². The summed E-state index contributed by atoms with van der Waals surface area (Å²) in [4.78, 5) is 0. The first-order chi connectivity index (χ1) is 3.39. The van der Waals surface area contributed by atoms with Crippen LogP contribution in [0.3, 0.4) is 0 Å². The van der Waals surface area contributed by atoms with E-state index in [1.807, 2.05) is 6.07 Å². The summed E-state index contributed by atoms with van der Waals surface area (Å²) in [5.74, 6) is 0.322. The van der Waals surface area contributed by atoms with Crippen LogP contribution in [-0.4, -0.2) is 28.2 Å². The molecule has 0 aliphatic carbocycles.